The molecule has 3 rings (SSSR count). The van der Waals surface area contributed by atoms with Gasteiger partial charge in [0.25, 0.3) is 5.91 Å². The van der Waals surface area contributed by atoms with Crippen molar-refractivity contribution < 1.29 is 13.6 Å². The highest BCUT2D eigenvalue weighted by atomic mass is 19.2. The Morgan fingerprint density at radius 2 is 1.92 bits per heavy atom. The second-order valence-corrected chi connectivity index (χ2v) is 7.53. The Hall–Kier alpha value is -2.24. The number of imidazole rings is 1. The summed E-state index contributed by atoms with van der Waals surface area (Å²) in [6.07, 6.45) is 3.78. The molecule has 0 spiro atoms. The lowest BCUT2D eigenvalue weighted by molar-refractivity contribution is 0.0913. The molecule has 0 saturated heterocycles. The molecular weight excluding hydrogens is 324 g/mol. The number of rotatable bonds is 2. The highest BCUT2D eigenvalue weighted by Crippen LogP contribution is 2.28. The maximum atomic E-state index is 13.7. The Balaban J connectivity index is 2.10. The van der Waals surface area contributed by atoms with Crippen molar-refractivity contribution in [2.45, 2.75) is 58.5 Å². The number of aromatic nitrogens is 2. The average Bonchev–Trinajstić information content (AvgIpc) is 2.71. The van der Waals surface area contributed by atoms with Crippen LogP contribution < -0.4 is 5.32 Å². The molecule has 1 aliphatic heterocycles. The molecule has 0 atom stereocenters. The largest absolute Gasteiger partial charge is 0.346 e. The van der Waals surface area contributed by atoms with Crippen LogP contribution in [0.1, 0.15) is 56.2 Å². The van der Waals surface area contributed by atoms with Gasteiger partial charge in [-0.3, -0.25) is 4.79 Å². The van der Waals surface area contributed by atoms with Gasteiger partial charge in [-0.05, 0) is 58.2 Å². The summed E-state index contributed by atoms with van der Waals surface area (Å²) in [6.45, 7) is 6.46. The van der Waals surface area contributed by atoms with Gasteiger partial charge in [-0.1, -0.05) is 6.42 Å². The van der Waals surface area contributed by atoms with Crippen LogP contribution in [0.15, 0.2) is 18.2 Å². The van der Waals surface area contributed by atoms with Gasteiger partial charge in [-0.2, -0.15) is 0 Å². The lowest BCUT2D eigenvalue weighted by Gasteiger charge is -2.20. The zero-order valence-electron chi connectivity index (χ0n) is 14.8. The van der Waals surface area contributed by atoms with Crippen molar-refractivity contribution in [1.82, 2.24) is 14.9 Å². The van der Waals surface area contributed by atoms with E-state index in [0.717, 1.165) is 50.1 Å². The molecule has 0 bridgehead atoms. The average molecular weight is 347 g/mol. The Bertz CT molecular complexity index is 806. The number of hydrogen-bond donors (Lipinski definition) is 1. The molecule has 1 aromatic carbocycles. The molecule has 0 aliphatic carbocycles. The first-order chi connectivity index (χ1) is 11.8. The molecule has 0 radical (unpaired) electrons. The Morgan fingerprint density at radius 3 is 2.60 bits per heavy atom. The van der Waals surface area contributed by atoms with E-state index in [1.807, 2.05) is 25.3 Å². The van der Waals surface area contributed by atoms with Crippen molar-refractivity contribution in [2.75, 3.05) is 0 Å². The van der Waals surface area contributed by atoms with Crippen LogP contribution in [0.5, 0.6) is 0 Å². The molecule has 6 heteroatoms. The van der Waals surface area contributed by atoms with Crippen LogP contribution in [0.3, 0.4) is 0 Å². The number of nitrogens with one attached hydrogen (secondary N) is 1. The molecule has 134 valence electrons. The van der Waals surface area contributed by atoms with Gasteiger partial charge >= 0.3 is 0 Å². The van der Waals surface area contributed by atoms with E-state index >= 15 is 0 Å². The number of nitrogens with zero attached hydrogens (tertiary/aromatic N) is 2. The molecule has 2 heterocycles. The topological polar surface area (TPSA) is 46.9 Å². The van der Waals surface area contributed by atoms with E-state index in [-0.39, 0.29) is 11.4 Å². The number of halogens is 2. The van der Waals surface area contributed by atoms with Gasteiger partial charge in [0.05, 0.1) is 5.69 Å². The standard InChI is InChI=1S/C19H23F2N3O/c1-19(2,3)23-18(25)16-15-7-5-4-6-10-24(15)17(22-16)12-8-9-13(20)14(21)11-12/h8-9,11H,4-7,10H2,1-3H3,(H,23,25). The normalized spacial score (nSPS) is 14.8. The van der Waals surface area contributed by atoms with Gasteiger partial charge in [0.1, 0.15) is 11.5 Å². The Labute approximate surface area is 146 Å². The number of carbonyl (C=O) groups excluding carboxylic acids is 1. The van der Waals surface area contributed by atoms with Gasteiger partial charge in [-0.15, -0.1) is 0 Å². The Kier molecular flexibility index (Phi) is 4.62. The van der Waals surface area contributed by atoms with Gasteiger partial charge in [0.2, 0.25) is 0 Å². The summed E-state index contributed by atoms with van der Waals surface area (Å²) in [5.41, 5.74) is 1.37. The summed E-state index contributed by atoms with van der Waals surface area (Å²) >= 11 is 0. The minimum absolute atomic E-state index is 0.230. The zero-order chi connectivity index (χ0) is 18.2. The lowest BCUT2D eigenvalue weighted by atomic mass is 10.1. The summed E-state index contributed by atoms with van der Waals surface area (Å²) in [6, 6.07) is 3.74. The van der Waals surface area contributed by atoms with Crippen LogP contribution in [0.4, 0.5) is 8.78 Å². The fourth-order valence-electron chi connectivity index (χ4n) is 3.16. The number of benzene rings is 1. The summed E-state index contributed by atoms with van der Waals surface area (Å²) in [4.78, 5) is 17.2. The van der Waals surface area contributed by atoms with Crippen LogP contribution in [0.25, 0.3) is 11.4 Å². The van der Waals surface area contributed by atoms with Gasteiger partial charge in [0, 0.05) is 17.6 Å². The first-order valence-electron chi connectivity index (χ1n) is 8.63. The van der Waals surface area contributed by atoms with Crippen molar-refractivity contribution in [2.24, 2.45) is 0 Å². The third-order valence-electron chi connectivity index (χ3n) is 4.25. The SMILES string of the molecule is CC(C)(C)NC(=O)c1nc(-c2ccc(F)c(F)c2)n2c1CCCCC2. The summed E-state index contributed by atoms with van der Waals surface area (Å²) in [5, 5.41) is 2.94. The molecule has 0 unspecified atom stereocenters. The van der Waals surface area contributed by atoms with Crippen molar-refractivity contribution in [3.05, 3.63) is 41.2 Å². The third kappa shape index (κ3) is 3.72. The van der Waals surface area contributed by atoms with Crippen LogP contribution >= 0.6 is 0 Å². The predicted octanol–water partition coefficient (Wildman–Crippen LogP) is 4.08. The molecular formula is C19H23F2N3O. The van der Waals surface area contributed by atoms with Crippen LogP contribution in [-0.4, -0.2) is 21.0 Å². The number of amides is 1. The van der Waals surface area contributed by atoms with Gasteiger partial charge < -0.3 is 9.88 Å². The fourth-order valence-corrected chi connectivity index (χ4v) is 3.16. The second kappa shape index (κ2) is 6.58. The highest BCUT2D eigenvalue weighted by Gasteiger charge is 2.26. The minimum Gasteiger partial charge on any atom is -0.346 e. The van der Waals surface area contributed by atoms with Gasteiger partial charge in [-0.25, -0.2) is 13.8 Å². The first kappa shape index (κ1) is 17.6. The van der Waals surface area contributed by atoms with E-state index in [0.29, 0.717) is 17.1 Å². The summed E-state index contributed by atoms with van der Waals surface area (Å²) in [7, 11) is 0. The fraction of sp³-hybridized carbons (Fsp3) is 0.474. The lowest BCUT2D eigenvalue weighted by Crippen LogP contribution is -2.41. The number of carbonyl (C=O) groups is 1. The molecule has 1 N–H and O–H groups in total. The van der Waals surface area contributed by atoms with E-state index < -0.39 is 11.6 Å². The Morgan fingerprint density at radius 1 is 1.16 bits per heavy atom. The van der Waals surface area contributed by atoms with Crippen LogP contribution in [0.2, 0.25) is 0 Å². The maximum Gasteiger partial charge on any atom is 0.272 e. The van der Waals surface area contributed by atoms with Crippen LogP contribution in [0, 0.1) is 11.6 Å². The molecule has 1 amide bonds. The smallest absolute Gasteiger partial charge is 0.272 e. The third-order valence-corrected chi connectivity index (χ3v) is 4.25. The van der Waals surface area contributed by atoms with E-state index in [4.69, 9.17) is 0 Å². The van der Waals surface area contributed by atoms with Crippen molar-refractivity contribution in [3.8, 4) is 11.4 Å². The maximum absolute atomic E-state index is 13.7. The zero-order valence-corrected chi connectivity index (χ0v) is 14.8. The van der Waals surface area contributed by atoms with E-state index in [2.05, 4.69) is 10.3 Å². The minimum atomic E-state index is -0.913. The molecule has 1 aromatic heterocycles. The number of fused-ring (bicyclic) bond motifs is 1. The molecule has 0 saturated carbocycles. The van der Waals surface area contributed by atoms with E-state index in [1.165, 1.54) is 6.07 Å². The van der Waals surface area contributed by atoms with Crippen molar-refractivity contribution in [3.63, 3.8) is 0 Å². The molecule has 4 nitrogen and oxygen atoms in total. The predicted molar refractivity (Wildman–Crippen MR) is 92.4 cm³/mol. The van der Waals surface area contributed by atoms with Gasteiger partial charge in [0.15, 0.2) is 11.6 Å². The quantitative estimate of drug-likeness (QED) is 0.890. The summed E-state index contributed by atoms with van der Waals surface area (Å²) < 4.78 is 28.9. The van der Waals surface area contributed by atoms with E-state index in [1.54, 1.807) is 0 Å². The van der Waals surface area contributed by atoms with Crippen LogP contribution in [-0.2, 0) is 13.0 Å². The molecule has 25 heavy (non-hydrogen) atoms. The summed E-state index contributed by atoms with van der Waals surface area (Å²) in [5.74, 6) is -1.51. The molecule has 1 aliphatic rings. The van der Waals surface area contributed by atoms with E-state index in [9.17, 15) is 13.6 Å². The second-order valence-electron chi connectivity index (χ2n) is 7.53. The molecule has 2 aromatic rings. The first-order valence-corrected chi connectivity index (χ1v) is 8.63. The monoisotopic (exact) mass is 347 g/mol. The van der Waals surface area contributed by atoms with Crippen molar-refractivity contribution in [1.29, 1.82) is 0 Å². The van der Waals surface area contributed by atoms with Crippen molar-refractivity contribution >= 4 is 5.91 Å². The number of hydrogen-bond acceptors (Lipinski definition) is 2. The highest BCUT2D eigenvalue weighted by molar-refractivity contribution is 5.94. The molecule has 0 fully saturated rings.